The van der Waals surface area contributed by atoms with Crippen LogP contribution in [0.1, 0.15) is 115 Å². The molecule has 0 unspecified atom stereocenters. The van der Waals surface area contributed by atoms with Crippen molar-refractivity contribution < 1.29 is 39.5 Å². The fourth-order valence-electron chi connectivity index (χ4n) is 7.45. The monoisotopic (exact) mass is 590 g/mol. The van der Waals surface area contributed by atoms with Crippen molar-refractivity contribution >= 4 is 11.8 Å². The van der Waals surface area contributed by atoms with Gasteiger partial charge in [0.15, 0.2) is 0 Å². The summed E-state index contributed by atoms with van der Waals surface area (Å²) in [7, 11) is 0. The van der Waals surface area contributed by atoms with Crippen LogP contribution in [0.2, 0.25) is 0 Å². The highest BCUT2D eigenvalue weighted by Crippen LogP contribution is 2.48. The Kier molecular flexibility index (Phi) is 11.3. The number of carboxylic acid groups (broad SMARTS) is 1. The molecular formula is C34H54O8. The molecule has 2 aliphatic heterocycles. The van der Waals surface area contributed by atoms with Gasteiger partial charge < -0.3 is 29.9 Å². The van der Waals surface area contributed by atoms with Crippen LogP contribution in [0.3, 0.4) is 0 Å². The molecule has 2 heterocycles. The van der Waals surface area contributed by atoms with Crippen LogP contribution in [0.15, 0.2) is 12.1 Å². The average molecular weight is 591 g/mol. The molecule has 8 heteroatoms. The lowest BCUT2D eigenvalue weighted by Crippen LogP contribution is -2.55. The number of benzene rings is 1. The molecule has 8 nitrogen and oxygen atoms in total. The number of phenols is 1. The molecule has 0 aromatic heterocycles. The number of carbonyl (C=O) groups is 2. The van der Waals surface area contributed by atoms with E-state index in [0.717, 1.165) is 12.8 Å². The number of ether oxygens (including phenoxy) is 2. The maximum Gasteiger partial charge on any atom is 0.339 e. The van der Waals surface area contributed by atoms with E-state index in [9.17, 15) is 30.0 Å². The SMILES string of the molecule is CC[C@@H](C(=O)[C@H](C)[C@H](O)[C@H](C)CCc1ccc(C)c(O)c1C(=O)O)[C@H]1O[C@](CC)([C@@H]2CC[C@@](O)(CC)[C@H](C)O2)C[C@H]1C. The summed E-state index contributed by atoms with van der Waals surface area (Å²) < 4.78 is 13.2. The lowest BCUT2D eigenvalue weighted by Gasteiger charge is -2.47. The molecule has 1 aromatic carbocycles. The van der Waals surface area contributed by atoms with Gasteiger partial charge in [0.2, 0.25) is 0 Å². The Bertz CT molecular complexity index is 1100. The third-order valence-corrected chi connectivity index (χ3v) is 10.7. The van der Waals surface area contributed by atoms with Gasteiger partial charge in [-0.3, -0.25) is 4.79 Å². The van der Waals surface area contributed by atoms with Crippen molar-refractivity contribution in [2.24, 2.45) is 23.7 Å². The average Bonchev–Trinajstić information content (AvgIpc) is 3.31. The van der Waals surface area contributed by atoms with Gasteiger partial charge in [0.25, 0.3) is 0 Å². The summed E-state index contributed by atoms with van der Waals surface area (Å²) in [6.45, 7) is 15.4. The predicted molar refractivity (Wildman–Crippen MR) is 162 cm³/mol. The number of Topliss-reactive ketones (excluding diaryl/α,β-unsaturated/α-hetero) is 1. The fraction of sp³-hybridized carbons (Fsp3) is 0.765. The normalized spacial score (nSPS) is 32.7. The molecule has 10 atom stereocenters. The van der Waals surface area contributed by atoms with Crippen LogP contribution in [0.4, 0.5) is 0 Å². The molecule has 0 spiro atoms. The molecule has 0 radical (unpaired) electrons. The summed E-state index contributed by atoms with van der Waals surface area (Å²) >= 11 is 0. The zero-order valence-corrected chi connectivity index (χ0v) is 26.9. The van der Waals surface area contributed by atoms with E-state index in [1.165, 1.54) is 0 Å². The zero-order chi connectivity index (χ0) is 31.6. The van der Waals surface area contributed by atoms with E-state index in [-0.39, 0.29) is 53.2 Å². The van der Waals surface area contributed by atoms with E-state index >= 15 is 0 Å². The molecular weight excluding hydrogens is 536 g/mol. The van der Waals surface area contributed by atoms with Gasteiger partial charge in [-0.05, 0) is 88.2 Å². The number of aliphatic hydroxyl groups is 2. The van der Waals surface area contributed by atoms with Crippen LogP contribution >= 0.6 is 0 Å². The smallest absolute Gasteiger partial charge is 0.339 e. The Balaban J connectivity index is 1.69. The number of ketones is 1. The first-order valence-electron chi connectivity index (χ1n) is 16.0. The Morgan fingerprint density at radius 1 is 1.12 bits per heavy atom. The molecule has 2 aliphatic rings. The Labute approximate surface area is 251 Å². The van der Waals surface area contributed by atoms with Crippen molar-refractivity contribution in [3.63, 3.8) is 0 Å². The number of carboxylic acids is 1. The quantitative estimate of drug-likeness (QED) is 0.225. The molecule has 4 N–H and O–H groups in total. The number of aryl methyl sites for hydroxylation is 2. The first-order valence-corrected chi connectivity index (χ1v) is 16.0. The highest BCUT2D eigenvalue weighted by Gasteiger charge is 2.55. The Morgan fingerprint density at radius 2 is 1.79 bits per heavy atom. The molecule has 0 aliphatic carbocycles. The van der Waals surface area contributed by atoms with Crippen LogP contribution in [-0.4, -0.2) is 67.8 Å². The van der Waals surface area contributed by atoms with Gasteiger partial charge in [-0.15, -0.1) is 0 Å². The first kappa shape index (κ1) is 34.5. The molecule has 2 saturated heterocycles. The van der Waals surface area contributed by atoms with Gasteiger partial charge in [-0.25, -0.2) is 4.79 Å². The number of carbonyl (C=O) groups excluding carboxylic acids is 1. The topological polar surface area (TPSA) is 134 Å². The zero-order valence-electron chi connectivity index (χ0n) is 26.9. The van der Waals surface area contributed by atoms with Crippen LogP contribution in [0.25, 0.3) is 0 Å². The van der Waals surface area contributed by atoms with Gasteiger partial charge >= 0.3 is 5.97 Å². The Morgan fingerprint density at radius 3 is 2.33 bits per heavy atom. The number of rotatable bonds is 13. The van der Waals surface area contributed by atoms with Gasteiger partial charge in [0.05, 0.1) is 35.6 Å². The summed E-state index contributed by atoms with van der Waals surface area (Å²) in [4.78, 5) is 25.7. The van der Waals surface area contributed by atoms with Crippen LogP contribution in [0.5, 0.6) is 5.75 Å². The van der Waals surface area contributed by atoms with Gasteiger partial charge in [0, 0.05) is 11.8 Å². The highest BCUT2D eigenvalue weighted by atomic mass is 16.6. The van der Waals surface area contributed by atoms with E-state index in [1.807, 2.05) is 27.7 Å². The van der Waals surface area contributed by atoms with Crippen molar-refractivity contribution in [2.45, 2.75) is 142 Å². The maximum absolute atomic E-state index is 13.9. The van der Waals surface area contributed by atoms with Crippen LogP contribution in [-0.2, 0) is 20.7 Å². The molecule has 1 aromatic rings. The van der Waals surface area contributed by atoms with E-state index in [1.54, 1.807) is 26.0 Å². The van der Waals surface area contributed by atoms with Gasteiger partial charge in [-0.2, -0.15) is 0 Å². The maximum atomic E-state index is 13.9. The van der Waals surface area contributed by atoms with Crippen molar-refractivity contribution in [3.05, 3.63) is 28.8 Å². The molecule has 42 heavy (non-hydrogen) atoms. The van der Waals surface area contributed by atoms with Crippen molar-refractivity contribution in [1.82, 2.24) is 0 Å². The lowest BCUT2D eigenvalue weighted by atomic mass is 9.76. The van der Waals surface area contributed by atoms with Gasteiger partial charge in [0.1, 0.15) is 17.1 Å². The summed E-state index contributed by atoms with van der Waals surface area (Å²) in [5, 5.41) is 42.1. The second-order valence-corrected chi connectivity index (χ2v) is 13.2. The van der Waals surface area contributed by atoms with Crippen LogP contribution < -0.4 is 0 Å². The third kappa shape index (κ3) is 6.72. The summed E-state index contributed by atoms with van der Waals surface area (Å²) in [6, 6.07) is 3.40. The highest BCUT2D eigenvalue weighted by molar-refractivity contribution is 5.93. The fourth-order valence-corrected chi connectivity index (χ4v) is 7.45. The minimum Gasteiger partial charge on any atom is -0.507 e. The summed E-state index contributed by atoms with van der Waals surface area (Å²) in [6.07, 6.45) is 3.34. The second-order valence-electron chi connectivity index (χ2n) is 13.2. The Hall–Kier alpha value is -2.00. The molecule has 238 valence electrons. The standard InChI is InChI=1S/C34H54O8/c1-9-25(31-21(6)18-34(11-3,42-31)26-16-17-33(40,10-2)23(8)41-26)30(37)22(7)28(35)19(4)12-14-24-15-13-20(5)29(36)27(24)32(38)39/h13,15,19,21-23,25-26,28,31,35-36,40H,9-12,14,16-18H2,1-8H3,(H,38,39)/t19-,21-,22-,23+,25+,26+,28-,31+,33+,34+/m1/s1. The largest absolute Gasteiger partial charge is 0.507 e. The number of hydrogen-bond acceptors (Lipinski definition) is 7. The predicted octanol–water partition coefficient (Wildman–Crippen LogP) is 5.84. The van der Waals surface area contributed by atoms with Gasteiger partial charge in [-0.1, -0.05) is 53.7 Å². The minimum absolute atomic E-state index is 0.0157. The van der Waals surface area contributed by atoms with E-state index in [4.69, 9.17) is 9.47 Å². The molecule has 0 saturated carbocycles. The van der Waals surface area contributed by atoms with E-state index in [2.05, 4.69) is 13.8 Å². The summed E-state index contributed by atoms with van der Waals surface area (Å²) in [5.74, 6) is -2.55. The van der Waals surface area contributed by atoms with Crippen molar-refractivity contribution in [2.75, 3.05) is 0 Å². The molecule has 0 amide bonds. The molecule has 0 bridgehead atoms. The lowest BCUT2D eigenvalue weighted by molar-refractivity contribution is -0.229. The number of aromatic carboxylic acids is 1. The van der Waals surface area contributed by atoms with Crippen molar-refractivity contribution in [3.8, 4) is 5.75 Å². The van der Waals surface area contributed by atoms with Crippen molar-refractivity contribution in [1.29, 1.82) is 0 Å². The number of aliphatic hydroxyl groups excluding tert-OH is 1. The first-order chi connectivity index (χ1) is 19.7. The second kappa shape index (κ2) is 13.7. The molecule has 2 fully saturated rings. The third-order valence-electron chi connectivity index (χ3n) is 10.7. The number of hydrogen-bond donors (Lipinski definition) is 4. The molecule has 3 rings (SSSR count). The number of aromatic hydroxyl groups is 1. The summed E-state index contributed by atoms with van der Waals surface area (Å²) in [5.41, 5.74) is -0.437. The van der Waals surface area contributed by atoms with Crippen LogP contribution in [0, 0.1) is 30.6 Å². The van der Waals surface area contributed by atoms with E-state index < -0.39 is 29.2 Å². The van der Waals surface area contributed by atoms with E-state index in [0.29, 0.717) is 49.7 Å². The minimum atomic E-state index is -1.18.